The Labute approximate surface area is 178 Å². The van der Waals surface area contributed by atoms with Crippen LogP contribution >= 0.6 is 24.2 Å². The first kappa shape index (κ1) is 24.3. The van der Waals surface area contributed by atoms with E-state index in [9.17, 15) is 0 Å². The molecule has 1 aromatic carbocycles. The van der Waals surface area contributed by atoms with E-state index in [4.69, 9.17) is 24.9 Å². The Kier molecular flexibility index (Phi) is 11.0. The number of thioether (sulfide) groups is 1. The van der Waals surface area contributed by atoms with Gasteiger partial charge >= 0.3 is 0 Å². The summed E-state index contributed by atoms with van der Waals surface area (Å²) >= 11 is 1.67. The maximum Gasteiger partial charge on any atom is 0.203 e. The van der Waals surface area contributed by atoms with Gasteiger partial charge < -0.3 is 19.9 Å². The Hall–Kier alpha value is -1.70. The molecule has 0 radical (unpaired) electrons. The largest absolute Gasteiger partial charge is 0.493 e. The molecular weight excluding hydrogens is 398 g/mol. The van der Waals surface area contributed by atoms with E-state index in [1.165, 1.54) is 19.3 Å². The molecule has 28 heavy (non-hydrogen) atoms. The fraction of sp³-hybridized carbons (Fsp3) is 0.500. The number of nitrogens with zero attached hydrogens (tertiary/aromatic N) is 2. The third-order valence-corrected chi connectivity index (χ3v) is 5.09. The van der Waals surface area contributed by atoms with Crippen LogP contribution in [0.4, 0.5) is 0 Å². The number of unbranched alkanes of at least 4 members (excludes halogenated alkanes) is 3. The van der Waals surface area contributed by atoms with Gasteiger partial charge in [-0.1, -0.05) is 37.9 Å². The first-order valence-electron chi connectivity index (χ1n) is 9.18. The summed E-state index contributed by atoms with van der Waals surface area (Å²) in [5.41, 5.74) is 8.32. The summed E-state index contributed by atoms with van der Waals surface area (Å²) in [5, 5.41) is 0.748. The lowest BCUT2D eigenvalue weighted by atomic mass is 10.1. The monoisotopic (exact) mass is 427 g/mol. The molecule has 0 saturated heterocycles. The van der Waals surface area contributed by atoms with Crippen molar-refractivity contribution < 1.29 is 14.2 Å². The van der Waals surface area contributed by atoms with Crippen molar-refractivity contribution in [3.05, 3.63) is 23.9 Å². The minimum atomic E-state index is 0. The number of nitrogens with two attached hydrogens (primary N) is 1. The van der Waals surface area contributed by atoms with Crippen molar-refractivity contribution in [2.75, 3.05) is 27.1 Å². The third kappa shape index (κ3) is 6.43. The molecule has 8 heteroatoms. The molecule has 0 aliphatic carbocycles. The van der Waals surface area contributed by atoms with Crippen molar-refractivity contribution in [2.24, 2.45) is 5.73 Å². The Balaban J connectivity index is 0.00000392. The molecule has 0 saturated carbocycles. The van der Waals surface area contributed by atoms with Crippen LogP contribution in [0.15, 0.2) is 23.4 Å². The lowest BCUT2D eigenvalue weighted by Gasteiger charge is -2.14. The molecule has 0 fully saturated rings. The van der Waals surface area contributed by atoms with Crippen LogP contribution in [0, 0.1) is 0 Å². The highest BCUT2D eigenvalue weighted by molar-refractivity contribution is 7.99. The van der Waals surface area contributed by atoms with Gasteiger partial charge in [0.2, 0.25) is 5.75 Å². The van der Waals surface area contributed by atoms with Gasteiger partial charge in [0.1, 0.15) is 0 Å². The second-order valence-electron chi connectivity index (χ2n) is 6.05. The van der Waals surface area contributed by atoms with E-state index in [0.29, 0.717) is 23.8 Å². The number of benzene rings is 1. The topological polar surface area (TPSA) is 79.5 Å². The molecular formula is C20H30ClN3O3S. The fourth-order valence-corrected chi connectivity index (χ4v) is 3.59. The van der Waals surface area contributed by atoms with Gasteiger partial charge in [0.15, 0.2) is 16.7 Å². The van der Waals surface area contributed by atoms with E-state index in [0.717, 1.165) is 34.3 Å². The van der Waals surface area contributed by atoms with E-state index in [2.05, 4.69) is 11.9 Å². The van der Waals surface area contributed by atoms with Crippen molar-refractivity contribution in [2.45, 2.75) is 44.3 Å². The molecule has 0 aliphatic heterocycles. The zero-order valence-corrected chi connectivity index (χ0v) is 18.6. The smallest absolute Gasteiger partial charge is 0.203 e. The predicted molar refractivity (Wildman–Crippen MR) is 117 cm³/mol. The van der Waals surface area contributed by atoms with Crippen molar-refractivity contribution in [1.29, 1.82) is 0 Å². The highest BCUT2D eigenvalue weighted by Crippen LogP contribution is 2.41. The van der Waals surface area contributed by atoms with E-state index in [1.807, 2.05) is 18.2 Å². The average molecular weight is 428 g/mol. The number of hydrogen-bond donors (Lipinski definition) is 1. The molecule has 0 atom stereocenters. The minimum Gasteiger partial charge on any atom is -0.493 e. The zero-order valence-electron chi connectivity index (χ0n) is 17.0. The normalized spacial score (nSPS) is 10.3. The van der Waals surface area contributed by atoms with Crippen molar-refractivity contribution >= 4 is 24.2 Å². The quantitative estimate of drug-likeness (QED) is 0.315. The maximum atomic E-state index is 5.85. The highest BCUT2D eigenvalue weighted by Gasteiger charge is 2.16. The molecule has 0 spiro atoms. The Bertz CT molecular complexity index is 722. The third-order valence-electron chi connectivity index (χ3n) is 4.16. The van der Waals surface area contributed by atoms with Crippen LogP contribution < -0.4 is 19.9 Å². The van der Waals surface area contributed by atoms with Crippen LogP contribution in [-0.2, 0) is 6.54 Å². The standard InChI is InChI=1S/C20H29N3O3S.ClH/c1-5-6-7-8-9-27-20-22-15(13-21)12-16(23-20)14-10-17(24-2)19(26-4)18(11-14)25-3;/h10-12H,5-9,13,21H2,1-4H3;1H. The first-order valence-corrected chi connectivity index (χ1v) is 10.2. The van der Waals surface area contributed by atoms with Crippen LogP contribution in [0.5, 0.6) is 17.2 Å². The van der Waals surface area contributed by atoms with Crippen molar-refractivity contribution in [3.63, 3.8) is 0 Å². The molecule has 2 N–H and O–H groups in total. The Morgan fingerprint density at radius 3 is 2.14 bits per heavy atom. The Morgan fingerprint density at radius 2 is 1.61 bits per heavy atom. The van der Waals surface area contributed by atoms with Gasteiger partial charge in [-0.25, -0.2) is 9.97 Å². The molecule has 1 aromatic heterocycles. The van der Waals surface area contributed by atoms with E-state index < -0.39 is 0 Å². The van der Waals surface area contributed by atoms with Crippen LogP contribution in [0.1, 0.15) is 38.3 Å². The van der Waals surface area contributed by atoms with Gasteiger partial charge in [0.05, 0.1) is 32.7 Å². The maximum absolute atomic E-state index is 5.85. The lowest BCUT2D eigenvalue weighted by molar-refractivity contribution is 0.324. The number of ether oxygens (including phenoxy) is 3. The Morgan fingerprint density at radius 1 is 0.929 bits per heavy atom. The summed E-state index contributed by atoms with van der Waals surface area (Å²) in [7, 11) is 4.79. The van der Waals surface area contributed by atoms with Gasteiger partial charge in [0.25, 0.3) is 0 Å². The number of halogens is 1. The molecule has 2 rings (SSSR count). The summed E-state index contributed by atoms with van der Waals surface area (Å²) in [6, 6.07) is 5.68. The predicted octanol–water partition coefficient (Wildman–Crippen LogP) is 4.72. The van der Waals surface area contributed by atoms with E-state index in [1.54, 1.807) is 33.1 Å². The molecule has 0 amide bonds. The summed E-state index contributed by atoms with van der Waals surface area (Å²) in [5.74, 6) is 2.74. The van der Waals surface area contributed by atoms with Crippen molar-refractivity contribution in [1.82, 2.24) is 9.97 Å². The number of hydrogen-bond acceptors (Lipinski definition) is 7. The van der Waals surface area contributed by atoms with Crippen LogP contribution in [0.3, 0.4) is 0 Å². The van der Waals surface area contributed by atoms with E-state index >= 15 is 0 Å². The summed E-state index contributed by atoms with van der Waals surface area (Å²) in [6.07, 6.45) is 4.89. The number of aromatic nitrogens is 2. The van der Waals surface area contributed by atoms with Gasteiger partial charge in [-0.3, -0.25) is 0 Å². The average Bonchev–Trinajstić information content (AvgIpc) is 2.72. The van der Waals surface area contributed by atoms with Crippen LogP contribution in [-0.4, -0.2) is 37.1 Å². The molecule has 156 valence electrons. The first-order chi connectivity index (χ1) is 13.2. The highest BCUT2D eigenvalue weighted by atomic mass is 35.5. The molecule has 0 unspecified atom stereocenters. The lowest BCUT2D eigenvalue weighted by Crippen LogP contribution is -2.04. The number of methoxy groups -OCH3 is 3. The summed E-state index contributed by atoms with van der Waals surface area (Å²) < 4.78 is 16.3. The SMILES string of the molecule is CCCCCCSc1nc(CN)cc(-c2cc(OC)c(OC)c(OC)c2)n1.Cl. The minimum absolute atomic E-state index is 0. The van der Waals surface area contributed by atoms with Crippen LogP contribution in [0.25, 0.3) is 11.3 Å². The molecule has 2 aromatic rings. The summed E-state index contributed by atoms with van der Waals surface area (Å²) in [6.45, 7) is 2.58. The van der Waals surface area contributed by atoms with Crippen LogP contribution in [0.2, 0.25) is 0 Å². The summed E-state index contributed by atoms with van der Waals surface area (Å²) in [4.78, 5) is 9.27. The van der Waals surface area contributed by atoms with E-state index in [-0.39, 0.29) is 12.4 Å². The van der Waals surface area contributed by atoms with Gasteiger partial charge in [0, 0.05) is 17.9 Å². The zero-order chi connectivity index (χ0) is 19.6. The number of rotatable bonds is 11. The van der Waals surface area contributed by atoms with Gasteiger partial charge in [-0.2, -0.15) is 0 Å². The molecule has 0 bridgehead atoms. The fourth-order valence-electron chi connectivity index (χ4n) is 2.71. The second kappa shape index (κ2) is 12.7. The van der Waals surface area contributed by atoms with Gasteiger partial charge in [-0.05, 0) is 24.6 Å². The van der Waals surface area contributed by atoms with Gasteiger partial charge in [-0.15, -0.1) is 12.4 Å². The molecule has 1 heterocycles. The second-order valence-corrected chi connectivity index (χ2v) is 7.12. The molecule has 6 nitrogen and oxygen atoms in total. The molecule has 0 aliphatic rings. The van der Waals surface area contributed by atoms with Crippen molar-refractivity contribution in [3.8, 4) is 28.5 Å².